The van der Waals surface area contributed by atoms with Crippen LogP contribution < -0.4 is 11.1 Å². The predicted molar refractivity (Wildman–Crippen MR) is 139 cm³/mol. The molecule has 3 N–H and O–H groups in total. The van der Waals surface area contributed by atoms with Crippen LogP contribution in [0.4, 0.5) is 11.6 Å². The SMILES string of the molecule is CC#CC(=O)N1CCC2(CC2c2nc(-c3ccc(C(=O)Nc4ccccn4)cc3)c3c(N)nccn23)C1. The fraction of sp³-hybridized carbons (Fsp3) is 0.250. The number of nitrogens with zero attached hydrogens (tertiary/aromatic N) is 5. The number of aromatic nitrogens is 4. The summed E-state index contributed by atoms with van der Waals surface area (Å²) in [6.07, 6.45) is 7.09. The van der Waals surface area contributed by atoms with Crippen molar-refractivity contribution in [3.63, 3.8) is 0 Å². The number of benzene rings is 1. The van der Waals surface area contributed by atoms with Gasteiger partial charge in [0.05, 0.1) is 0 Å². The third-order valence-corrected chi connectivity index (χ3v) is 7.34. The maximum absolute atomic E-state index is 12.7. The molecule has 3 aromatic heterocycles. The van der Waals surface area contributed by atoms with E-state index in [1.165, 1.54) is 0 Å². The largest absolute Gasteiger partial charge is 0.382 e. The highest BCUT2D eigenvalue weighted by Crippen LogP contribution is 2.64. The first-order chi connectivity index (χ1) is 18.0. The first-order valence-corrected chi connectivity index (χ1v) is 12.2. The molecule has 0 bridgehead atoms. The smallest absolute Gasteiger partial charge is 0.298 e. The van der Waals surface area contributed by atoms with Crippen molar-refractivity contribution in [2.24, 2.45) is 5.41 Å². The molecule has 4 aromatic rings. The van der Waals surface area contributed by atoms with Crippen LogP contribution in [0.5, 0.6) is 0 Å². The zero-order chi connectivity index (χ0) is 25.6. The average molecular weight is 492 g/mol. The van der Waals surface area contributed by atoms with Crippen molar-refractivity contribution in [3.05, 3.63) is 72.4 Å². The van der Waals surface area contributed by atoms with Gasteiger partial charge in [0, 0.05) is 54.1 Å². The number of rotatable bonds is 4. The minimum absolute atomic E-state index is 0.0229. The van der Waals surface area contributed by atoms with Gasteiger partial charge in [0.1, 0.15) is 28.7 Å². The maximum atomic E-state index is 12.7. The van der Waals surface area contributed by atoms with Crippen LogP contribution in [-0.2, 0) is 4.79 Å². The Morgan fingerprint density at radius 3 is 2.73 bits per heavy atom. The van der Waals surface area contributed by atoms with Crippen LogP contribution in [0.2, 0.25) is 0 Å². The predicted octanol–water partition coefficient (Wildman–Crippen LogP) is 3.36. The number of fused-ring (bicyclic) bond motifs is 1. The number of likely N-dealkylation sites (tertiary alicyclic amines) is 1. The van der Waals surface area contributed by atoms with Crippen molar-refractivity contribution in [1.82, 2.24) is 24.3 Å². The highest BCUT2D eigenvalue weighted by atomic mass is 16.2. The van der Waals surface area contributed by atoms with Gasteiger partial charge in [-0.1, -0.05) is 24.1 Å². The van der Waals surface area contributed by atoms with Crippen molar-refractivity contribution in [2.45, 2.75) is 25.7 Å². The van der Waals surface area contributed by atoms with Gasteiger partial charge in [-0.25, -0.2) is 15.0 Å². The second-order valence-corrected chi connectivity index (χ2v) is 9.57. The van der Waals surface area contributed by atoms with Crippen LogP contribution in [0.15, 0.2) is 61.1 Å². The highest BCUT2D eigenvalue weighted by Gasteiger charge is 2.60. The molecule has 9 heteroatoms. The lowest BCUT2D eigenvalue weighted by molar-refractivity contribution is -0.124. The number of carbonyl (C=O) groups excluding carboxylic acids is 2. The van der Waals surface area contributed by atoms with E-state index in [2.05, 4.69) is 27.1 Å². The second kappa shape index (κ2) is 8.75. The second-order valence-electron chi connectivity index (χ2n) is 9.57. The van der Waals surface area contributed by atoms with Crippen molar-refractivity contribution >= 4 is 29.0 Å². The van der Waals surface area contributed by atoms with Gasteiger partial charge in [-0.2, -0.15) is 0 Å². The normalized spacial score (nSPS) is 20.0. The number of amides is 2. The van der Waals surface area contributed by atoms with Crippen molar-refractivity contribution in [1.29, 1.82) is 0 Å². The summed E-state index contributed by atoms with van der Waals surface area (Å²) in [5.74, 6) is 7.03. The van der Waals surface area contributed by atoms with E-state index in [-0.39, 0.29) is 23.1 Å². The molecule has 184 valence electrons. The Morgan fingerprint density at radius 2 is 1.97 bits per heavy atom. The van der Waals surface area contributed by atoms with Gasteiger partial charge in [0.15, 0.2) is 0 Å². The summed E-state index contributed by atoms with van der Waals surface area (Å²) in [6.45, 7) is 3.09. The summed E-state index contributed by atoms with van der Waals surface area (Å²) in [7, 11) is 0. The average Bonchev–Trinajstić information content (AvgIpc) is 3.23. The quantitative estimate of drug-likeness (QED) is 0.423. The van der Waals surface area contributed by atoms with Gasteiger partial charge in [-0.05, 0) is 50.0 Å². The molecule has 37 heavy (non-hydrogen) atoms. The van der Waals surface area contributed by atoms with E-state index >= 15 is 0 Å². The lowest BCUT2D eigenvalue weighted by atomic mass is 10.0. The van der Waals surface area contributed by atoms with E-state index in [0.717, 1.165) is 35.4 Å². The first kappa shape index (κ1) is 22.7. The number of pyridine rings is 1. The molecule has 6 rings (SSSR count). The number of imidazole rings is 1. The summed E-state index contributed by atoms with van der Waals surface area (Å²) in [4.78, 5) is 40.3. The molecule has 2 amide bonds. The zero-order valence-electron chi connectivity index (χ0n) is 20.3. The lowest BCUT2D eigenvalue weighted by Crippen LogP contribution is -2.27. The number of nitrogens with one attached hydrogen (secondary N) is 1. The van der Waals surface area contributed by atoms with Crippen molar-refractivity contribution in [2.75, 3.05) is 24.1 Å². The molecule has 9 nitrogen and oxygen atoms in total. The van der Waals surface area contributed by atoms with Gasteiger partial charge in [-0.3, -0.25) is 14.0 Å². The number of carbonyl (C=O) groups is 2. The third kappa shape index (κ3) is 3.96. The molecule has 0 radical (unpaired) electrons. The molecule has 2 fully saturated rings. The number of nitrogens with two attached hydrogens (primary N) is 1. The van der Waals surface area contributed by atoms with Gasteiger partial charge in [0.25, 0.3) is 11.8 Å². The molecular formula is C28H25N7O2. The fourth-order valence-corrected chi connectivity index (χ4v) is 5.36. The Morgan fingerprint density at radius 1 is 1.14 bits per heavy atom. The van der Waals surface area contributed by atoms with Gasteiger partial charge >= 0.3 is 0 Å². The lowest BCUT2D eigenvalue weighted by Gasteiger charge is -2.13. The Hall–Kier alpha value is -4.71. The molecule has 1 saturated heterocycles. The van der Waals surface area contributed by atoms with Crippen LogP contribution in [0.3, 0.4) is 0 Å². The molecule has 1 aromatic carbocycles. The van der Waals surface area contributed by atoms with E-state index in [1.807, 2.05) is 33.7 Å². The number of hydrogen-bond donors (Lipinski definition) is 2. The van der Waals surface area contributed by atoms with Gasteiger partial charge in [-0.15, -0.1) is 0 Å². The molecule has 4 heterocycles. The van der Waals surface area contributed by atoms with E-state index in [4.69, 9.17) is 10.7 Å². The number of hydrogen-bond acceptors (Lipinski definition) is 6. The standard InChI is InChI=1S/C28H25N7O2/c1-2-5-22(36)34-14-11-28(17-34)16-20(28)26-33-23(24-25(29)31-13-15-35(24)26)18-7-9-19(10-8-18)27(37)32-21-6-3-4-12-30-21/h3-4,6-10,12-13,15,20H,11,14,16-17H2,1H3,(H2,29,31)(H,30,32,37). The van der Waals surface area contributed by atoms with Crippen molar-refractivity contribution in [3.8, 4) is 23.1 Å². The molecule has 1 spiro atoms. The number of anilines is 2. The minimum atomic E-state index is -0.241. The topological polar surface area (TPSA) is 119 Å². The summed E-state index contributed by atoms with van der Waals surface area (Å²) >= 11 is 0. The minimum Gasteiger partial charge on any atom is -0.382 e. The Bertz CT molecular complexity index is 1580. The Kier molecular flexibility index (Phi) is 5.37. The summed E-state index contributed by atoms with van der Waals surface area (Å²) in [5, 5.41) is 2.79. The molecular weight excluding hydrogens is 466 g/mol. The number of nitrogen functional groups attached to an aromatic ring is 1. The van der Waals surface area contributed by atoms with E-state index in [1.54, 1.807) is 43.6 Å². The summed E-state index contributed by atoms with van der Waals surface area (Å²) in [6, 6.07) is 12.6. The molecule has 2 aliphatic rings. The molecule has 1 aliphatic carbocycles. The van der Waals surface area contributed by atoms with Crippen LogP contribution in [0.25, 0.3) is 16.8 Å². The first-order valence-electron chi connectivity index (χ1n) is 12.2. The van der Waals surface area contributed by atoms with Gasteiger partial charge in [0.2, 0.25) is 0 Å². The van der Waals surface area contributed by atoms with Crippen LogP contribution >= 0.6 is 0 Å². The van der Waals surface area contributed by atoms with Crippen LogP contribution in [0, 0.1) is 17.3 Å². The van der Waals surface area contributed by atoms with Crippen LogP contribution in [0.1, 0.15) is 41.9 Å². The molecule has 1 saturated carbocycles. The Labute approximate surface area is 213 Å². The highest BCUT2D eigenvalue weighted by molar-refractivity contribution is 6.04. The third-order valence-electron chi connectivity index (χ3n) is 7.34. The summed E-state index contributed by atoms with van der Waals surface area (Å²) in [5.41, 5.74) is 9.16. The Balaban J connectivity index is 1.29. The van der Waals surface area contributed by atoms with Crippen molar-refractivity contribution < 1.29 is 9.59 Å². The van der Waals surface area contributed by atoms with E-state index in [0.29, 0.717) is 30.3 Å². The van der Waals surface area contributed by atoms with E-state index < -0.39 is 0 Å². The molecule has 2 unspecified atom stereocenters. The zero-order valence-corrected chi connectivity index (χ0v) is 20.3. The summed E-state index contributed by atoms with van der Waals surface area (Å²) < 4.78 is 2.02. The van der Waals surface area contributed by atoms with Gasteiger partial charge < -0.3 is 16.0 Å². The molecule has 1 aliphatic heterocycles. The van der Waals surface area contributed by atoms with E-state index in [9.17, 15) is 9.59 Å². The maximum Gasteiger partial charge on any atom is 0.298 e. The molecule has 2 atom stereocenters. The van der Waals surface area contributed by atoms with Crippen LogP contribution in [-0.4, -0.2) is 49.2 Å². The fourth-order valence-electron chi connectivity index (χ4n) is 5.36. The monoisotopic (exact) mass is 491 g/mol.